The molecule has 114 valence electrons. The van der Waals surface area contributed by atoms with Gasteiger partial charge in [0.15, 0.2) is 0 Å². The molecule has 6 heteroatoms. The van der Waals surface area contributed by atoms with Crippen LogP contribution in [0, 0.1) is 5.92 Å². The molecule has 1 aliphatic heterocycles. The van der Waals surface area contributed by atoms with E-state index in [1.165, 1.54) is 11.3 Å². The quantitative estimate of drug-likeness (QED) is 0.928. The zero-order valence-corrected chi connectivity index (χ0v) is 14.0. The average Bonchev–Trinajstić information content (AvgIpc) is 3.18. The van der Waals surface area contributed by atoms with Crippen LogP contribution in [-0.2, 0) is 16.1 Å². The molecule has 4 nitrogen and oxygen atoms in total. The highest BCUT2D eigenvalue weighted by Crippen LogP contribution is 2.44. The summed E-state index contributed by atoms with van der Waals surface area (Å²) in [5.41, 5.74) is -1.60. The fourth-order valence-electron chi connectivity index (χ4n) is 2.90. The summed E-state index contributed by atoms with van der Waals surface area (Å²) in [6.07, 6.45) is 2.00. The van der Waals surface area contributed by atoms with E-state index >= 15 is 0 Å². The van der Waals surface area contributed by atoms with Crippen LogP contribution in [0.1, 0.15) is 38.5 Å². The molecule has 2 amide bonds. The molecule has 1 aromatic rings. The minimum absolute atomic E-state index is 0.0131. The normalized spacial score (nSPS) is 28.7. The average molecular weight is 327 g/mol. The maximum Gasteiger partial charge on any atom is 0.249 e. The summed E-state index contributed by atoms with van der Waals surface area (Å²) in [4.78, 5) is 28.2. The molecular weight excluding hydrogens is 308 g/mol. The van der Waals surface area contributed by atoms with Gasteiger partial charge < -0.3 is 10.2 Å². The summed E-state index contributed by atoms with van der Waals surface area (Å²) in [5, 5.41) is 2.96. The van der Waals surface area contributed by atoms with Gasteiger partial charge in [-0.3, -0.25) is 9.59 Å². The highest BCUT2D eigenvalue weighted by molar-refractivity contribution is 7.16. The minimum Gasteiger partial charge on any atom is -0.340 e. The van der Waals surface area contributed by atoms with Crippen LogP contribution in [0.15, 0.2) is 12.1 Å². The van der Waals surface area contributed by atoms with E-state index in [2.05, 4.69) is 5.32 Å². The molecule has 2 heterocycles. The Kier molecular flexibility index (Phi) is 3.33. The van der Waals surface area contributed by atoms with E-state index in [-0.39, 0.29) is 17.7 Å². The number of piperazine rings is 1. The van der Waals surface area contributed by atoms with Gasteiger partial charge in [0.2, 0.25) is 11.8 Å². The van der Waals surface area contributed by atoms with Crippen molar-refractivity contribution in [2.75, 3.05) is 0 Å². The minimum atomic E-state index is -0.845. The summed E-state index contributed by atoms with van der Waals surface area (Å²) in [7, 11) is 0. The smallest absolute Gasteiger partial charge is 0.249 e. The molecule has 2 aliphatic rings. The van der Waals surface area contributed by atoms with E-state index in [9.17, 15) is 9.59 Å². The predicted octanol–water partition coefficient (Wildman–Crippen LogP) is 2.81. The molecule has 0 aromatic carbocycles. The van der Waals surface area contributed by atoms with Crippen LogP contribution < -0.4 is 5.32 Å². The third-order valence-electron chi connectivity index (χ3n) is 4.63. The first-order valence-electron chi connectivity index (χ1n) is 7.14. The zero-order valence-electron chi connectivity index (χ0n) is 12.4. The van der Waals surface area contributed by atoms with Crippen LogP contribution in [0.2, 0.25) is 4.34 Å². The van der Waals surface area contributed by atoms with Crippen LogP contribution in [0.3, 0.4) is 0 Å². The number of rotatable bonds is 3. The number of thiophene rings is 1. The Labute approximate surface area is 133 Å². The van der Waals surface area contributed by atoms with E-state index in [4.69, 9.17) is 11.6 Å². The van der Waals surface area contributed by atoms with Gasteiger partial charge in [0.05, 0.1) is 10.9 Å². The molecule has 1 atom stereocenters. The van der Waals surface area contributed by atoms with Crippen LogP contribution in [0.25, 0.3) is 0 Å². The number of hydrogen-bond acceptors (Lipinski definition) is 3. The zero-order chi connectivity index (χ0) is 15.4. The first-order valence-corrected chi connectivity index (χ1v) is 8.33. The van der Waals surface area contributed by atoms with Crippen LogP contribution in [0.4, 0.5) is 0 Å². The van der Waals surface area contributed by atoms with Gasteiger partial charge in [-0.15, -0.1) is 11.3 Å². The van der Waals surface area contributed by atoms with Crippen molar-refractivity contribution >= 4 is 34.8 Å². The Morgan fingerprint density at radius 1 is 1.33 bits per heavy atom. The second kappa shape index (κ2) is 4.71. The molecule has 1 saturated heterocycles. The molecule has 1 aliphatic carbocycles. The summed E-state index contributed by atoms with van der Waals surface area (Å²) in [6, 6.07) is 3.74. The summed E-state index contributed by atoms with van der Waals surface area (Å²) in [5.74, 6) is 0.192. The van der Waals surface area contributed by atoms with Gasteiger partial charge in [0.25, 0.3) is 0 Å². The topological polar surface area (TPSA) is 49.4 Å². The molecule has 21 heavy (non-hydrogen) atoms. The summed E-state index contributed by atoms with van der Waals surface area (Å²) >= 11 is 7.42. The van der Waals surface area contributed by atoms with Gasteiger partial charge in [0, 0.05) is 4.88 Å². The number of nitrogens with zero attached hydrogens (tertiary/aromatic N) is 1. The first-order chi connectivity index (χ1) is 9.75. The van der Waals surface area contributed by atoms with Crippen molar-refractivity contribution in [3.05, 3.63) is 21.3 Å². The molecule has 1 aromatic heterocycles. The lowest BCUT2D eigenvalue weighted by atomic mass is 9.85. The lowest BCUT2D eigenvalue weighted by molar-refractivity contribution is -0.162. The molecule has 1 saturated carbocycles. The van der Waals surface area contributed by atoms with Crippen LogP contribution in [0.5, 0.6) is 0 Å². The molecule has 0 radical (unpaired) electrons. The monoisotopic (exact) mass is 326 g/mol. The third-order valence-corrected chi connectivity index (χ3v) is 5.85. The van der Waals surface area contributed by atoms with Gasteiger partial charge in [-0.05, 0) is 51.7 Å². The molecule has 1 unspecified atom stereocenters. The van der Waals surface area contributed by atoms with Crippen molar-refractivity contribution in [2.45, 2.75) is 51.2 Å². The van der Waals surface area contributed by atoms with E-state index < -0.39 is 11.1 Å². The molecule has 0 spiro atoms. The SMILES string of the molecule is CC1(C2CC2)NC(=O)C(C)(C)N(Cc2ccc(Cl)s2)C1=O. The second-order valence-corrected chi connectivity index (χ2v) is 8.39. The third kappa shape index (κ3) is 2.36. The van der Waals surface area contributed by atoms with Gasteiger partial charge in [-0.2, -0.15) is 0 Å². The highest BCUT2D eigenvalue weighted by atomic mass is 35.5. The van der Waals surface area contributed by atoms with Gasteiger partial charge in [0.1, 0.15) is 11.1 Å². The largest absolute Gasteiger partial charge is 0.340 e. The standard InChI is InChI=1S/C15H19ClN2O2S/c1-14(2)12(19)17-15(3,9-4-5-9)13(20)18(14)8-10-6-7-11(16)21-10/h6-7,9H,4-5,8H2,1-3H3,(H,17,19). The summed E-state index contributed by atoms with van der Waals surface area (Å²) in [6.45, 7) is 5.87. The number of hydrogen-bond donors (Lipinski definition) is 1. The Bertz CT molecular complexity index is 609. The lowest BCUT2D eigenvalue weighted by Gasteiger charge is -2.48. The summed E-state index contributed by atoms with van der Waals surface area (Å²) < 4.78 is 0.696. The van der Waals surface area contributed by atoms with Gasteiger partial charge >= 0.3 is 0 Å². The predicted molar refractivity (Wildman–Crippen MR) is 83.2 cm³/mol. The van der Waals surface area contributed by atoms with E-state index in [0.29, 0.717) is 10.9 Å². The van der Waals surface area contributed by atoms with Crippen LogP contribution in [-0.4, -0.2) is 27.8 Å². The second-order valence-electron chi connectivity index (χ2n) is 6.59. The van der Waals surface area contributed by atoms with Crippen molar-refractivity contribution < 1.29 is 9.59 Å². The molecular formula is C15H19ClN2O2S. The molecule has 2 fully saturated rings. The van der Waals surface area contributed by atoms with E-state index in [1.54, 1.807) is 18.7 Å². The van der Waals surface area contributed by atoms with Gasteiger partial charge in [-0.25, -0.2) is 0 Å². The van der Waals surface area contributed by atoms with Crippen molar-refractivity contribution in [2.24, 2.45) is 5.92 Å². The Hall–Kier alpha value is -1.07. The van der Waals surface area contributed by atoms with Gasteiger partial charge in [-0.1, -0.05) is 11.6 Å². The fourth-order valence-corrected chi connectivity index (χ4v) is 3.98. The lowest BCUT2D eigenvalue weighted by Crippen LogP contribution is -2.73. The van der Waals surface area contributed by atoms with Crippen molar-refractivity contribution in [3.63, 3.8) is 0 Å². The molecule has 0 bridgehead atoms. The number of carbonyl (C=O) groups is 2. The first kappa shape index (κ1) is 14.9. The molecule has 3 rings (SSSR count). The Morgan fingerprint density at radius 2 is 2.00 bits per heavy atom. The number of carbonyl (C=O) groups excluding carboxylic acids is 2. The molecule has 1 N–H and O–H groups in total. The van der Waals surface area contributed by atoms with Crippen LogP contribution >= 0.6 is 22.9 Å². The van der Waals surface area contributed by atoms with Crippen molar-refractivity contribution in [1.82, 2.24) is 10.2 Å². The van der Waals surface area contributed by atoms with E-state index in [1.807, 2.05) is 19.1 Å². The number of halogens is 1. The maximum atomic E-state index is 13.0. The fraction of sp³-hybridized carbons (Fsp3) is 0.600. The maximum absolute atomic E-state index is 13.0. The number of nitrogens with one attached hydrogen (secondary N) is 1. The highest BCUT2D eigenvalue weighted by Gasteiger charge is 2.57. The number of amides is 2. The van der Waals surface area contributed by atoms with Crippen molar-refractivity contribution in [1.29, 1.82) is 0 Å². The van der Waals surface area contributed by atoms with E-state index in [0.717, 1.165) is 17.7 Å². The van der Waals surface area contributed by atoms with Crippen molar-refractivity contribution in [3.8, 4) is 0 Å². The Morgan fingerprint density at radius 3 is 2.52 bits per heavy atom. The Balaban J connectivity index is 1.93.